The summed E-state index contributed by atoms with van der Waals surface area (Å²) in [5.41, 5.74) is 1.37. The maximum atomic E-state index is 11.9. The van der Waals surface area contributed by atoms with Crippen molar-refractivity contribution in [3.8, 4) is 0 Å². The van der Waals surface area contributed by atoms with Crippen LogP contribution in [0.4, 0.5) is 21.0 Å². The van der Waals surface area contributed by atoms with Gasteiger partial charge in [0, 0.05) is 17.9 Å². The summed E-state index contributed by atoms with van der Waals surface area (Å²) in [6.45, 7) is 1.35. The molecule has 0 saturated carbocycles. The first kappa shape index (κ1) is 16.1. The molecule has 1 atom stereocenters. The number of carbonyl (C=O) groups is 3. The van der Waals surface area contributed by atoms with E-state index in [1.54, 1.807) is 29.2 Å². The van der Waals surface area contributed by atoms with Gasteiger partial charge in [0.25, 0.3) is 5.91 Å². The number of rotatable bonds is 4. The van der Waals surface area contributed by atoms with Gasteiger partial charge in [-0.3, -0.25) is 9.69 Å². The number of hydrogen-bond donors (Lipinski definition) is 2. The monoisotopic (exact) mass is 335 g/mol. The highest BCUT2D eigenvalue weighted by Crippen LogP contribution is 2.25. The predicted octanol–water partition coefficient (Wildman–Crippen LogP) is 0.643. The normalized spacial score (nSPS) is 20.9. The SMILES string of the molecule is O=C(O)NC[C@H]1CN(c2ccc(N3CCOCC3=O)cc2)C(=O)O1. The lowest BCUT2D eigenvalue weighted by Crippen LogP contribution is -2.41. The van der Waals surface area contributed by atoms with Crippen LogP contribution in [0, 0.1) is 0 Å². The molecule has 2 fully saturated rings. The summed E-state index contributed by atoms with van der Waals surface area (Å²) in [7, 11) is 0. The molecule has 1 aromatic rings. The molecule has 0 spiro atoms. The highest BCUT2D eigenvalue weighted by atomic mass is 16.6. The van der Waals surface area contributed by atoms with Gasteiger partial charge in [0.05, 0.1) is 19.7 Å². The minimum Gasteiger partial charge on any atom is -0.465 e. The maximum absolute atomic E-state index is 11.9. The number of benzene rings is 1. The van der Waals surface area contributed by atoms with E-state index in [9.17, 15) is 14.4 Å². The third-order valence-electron chi connectivity index (χ3n) is 3.81. The maximum Gasteiger partial charge on any atom is 0.414 e. The lowest BCUT2D eigenvalue weighted by Gasteiger charge is -2.27. The quantitative estimate of drug-likeness (QED) is 0.836. The van der Waals surface area contributed by atoms with Crippen molar-refractivity contribution in [3.63, 3.8) is 0 Å². The topological polar surface area (TPSA) is 108 Å². The second-order valence-corrected chi connectivity index (χ2v) is 5.42. The molecule has 0 bridgehead atoms. The number of amides is 3. The standard InChI is InChI=1S/C15H17N3O6/c19-13-9-23-6-5-17(13)10-1-3-11(4-2-10)18-8-12(24-15(18)22)7-16-14(20)21/h1-4,12,16H,5-9H2,(H,20,21)/t12-/m0/s1. The smallest absolute Gasteiger partial charge is 0.414 e. The highest BCUT2D eigenvalue weighted by Gasteiger charge is 2.32. The van der Waals surface area contributed by atoms with Crippen LogP contribution >= 0.6 is 0 Å². The van der Waals surface area contributed by atoms with E-state index in [-0.39, 0.29) is 25.6 Å². The summed E-state index contributed by atoms with van der Waals surface area (Å²) in [5.74, 6) is -0.102. The van der Waals surface area contributed by atoms with Gasteiger partial charge < -0.3 is 24.8 Å². The summed E-state index contributed by atoms with van der Waals surface area (Å²) >= 11 is 0. The summed E-state index contributed by atoms with van der Waals surface area (Å²) in [4.78, 5) is 37.3. The number of ether oxygens (including phenoxy) is 2. The van der Waals surface area contributed by atoms with Crippen LogP contribution in [-0.2, 0) is 14.3 Å². The molecule has 2 heterocycles. The van der Waals surface area contributed by atoms with Crippen LogP contribution < -0.4 is 15.1 Å². The summed E-state index contributed by atoms with van der Waals surface area (Å²) in [6.07, 6.45) is -2.22. The van der Waals surface area contributed by atoms with Crippen LogP contribution in [0.25, 0.3) is 0 Å². The van der Waals surface area contributed by atoms with Crippen molar-refractivity contribution in [1.29, 1.82) is 0 Å². The van der Waals surface area contributed by atoms with E-state index in [0.29, 0.717) is 18.8 Å². The number of carboxylic acid groups (broad SMARTS) is 1. The third kappa shape index (κ3) is 3.40. The fourth-order valence-corrected chi connectivity index (χ4v) is 2.64. The van der Waals surface area contributed by atoms with Gasteiger partial charge in [0.15, 0.2) is 0 Å². The minimum absolute atomic E-state index is 0.0396. The Balaban J connectivity index is 1.66. The molecule has 2 saturated heterocycles. The minimum atomic E-state index is -1.16. The lowest BCUT2D eigenvalue weighted by atomic mass is 10.2. The molecule has 9 heteroatoms. The van der Waals surface area contributed by atoms with Crippen molar-refractivity contribution >= 4 is 29.5 Å². The van der Waals surface area contributed by atoms with E-state index in [0.717, 1.165) is 5.69 Å². The molecule has 0 aliphatic carbocycles. The molecule has 0 radical (unpaired) electrons. The van der Waals surface area contributed by atoms with Gasteiger partial charge in [-0.05, 0) is 24.3 Å². The van der Waals surface area contributed by atoms with Crippen LogP contribution in [0.5, 0.6) is 0 Å². The van der Waals surface area contributed by atoms with E-state index in [1.807, 2.05) is 0 Å². The van der Waals surface area contributed by atoms with E-state index in [2.05, 4.69) is 5.32 Å². The first-order valence-electron chi connectivity index (χ1n) is 7.48. The van der Waals surface area contributed by atoms with Crippen molar-refractivity contribution < 1.29 is 29.0 Å². The summed E-state index contributed by atoms with van der Waals surface area (Å²) in [5, 5.41) is 10.8. The Morgan fingerprint density at radius 1 is 1.21 bits per heavy atom. The van der Waals surface area contributed by atoms with Crippen molar-refractivity contribution in [2.24, 2.45) is 0 Å². The van der Waals surface area contributed by atoms with Gasteiger partial charge >= 0.3 is 12.2 Å². The molecule has 9 nitrogen and oxygen atoms in total. The zero-order chi connectivity index (χ0) is 17.1. The van der Waals surface area contributed by atoms with E-state index in [4.69, 9.17) is 14.6 Å². The molecule has 1 aromatic carbocycles. The lowest BCUT2D eigenvalue weighted by molar-refractivity contribution is -0.125. The molecular formula is C15H17N3O6. The summed E-state index contributed by atoms with van der Waals surface area (Å²) < 4.78 is 10.2. The van der Waals surface area contributed by atoms with Crippen molar-refractivity contribution in [2.75, 3.05) is 42.6 Å². The van der Waals surface area contributed by atoms with Gasteiger partial charge in [-0.25, -0.2) is 9.59 Å². The van der Waals surface area contributed by atoms with Crippen molar-refractivity contribution in [2.45, 2.75) is 6.10 Å². The highest BCUT2D eigenvalue weighted by molar-refractivity contribution is 5.95. The first-order valence-corrected chi connectivity index (χ1v) is 7.48. The molecule has 3 amide bonds. The molecule has 2 N–H and O–H groups in total. The Bertz CT molecular complexity index is 647. The molecule has 128 valence electrons. The van der Waals surface area contributed by atoms with Gasteiger partial charge in [-0.1, -0.05) is 0 Å². The molecule has 24 heavy (non-hydrogen) atoms. The average molecular weight is 335 g/mol. The zero-order valence-electron chi connectivity index (χ0n) is 12.8. The molecule has 3 rings (SSSR count). The molecule has 2 aliphatic heterocycles. The Labute approximate surface area is 137 Å². The number of cyclic esters (lactones) is 1. The van der Waals surface area contributed by atoms with E-state index < -0.39 is 18.3 Å². The second kappa shape index (κ2) is 6.75. The van der Waals surface area contributed by atoms with E-state index >= 15 is 0 Å². The van der Waals surface area contributed by atoms with Gasteiger partial charge in [0.1, 0.15) is 12.7 Å². The number of morpholine rings is 1. The molecule has 0 unspecified atom stereocenters. The summed E-state index contributed by atoms with van der Waals surface area (Å²) in [6, 6.07) is 6.97. The Hall–Kier alpha value is -2.81. The molecule has 2 aliphatic rings. The van der Waals surface area contributed by atoms with Crippen LogP contribution in [0.15, 0.2) is 24.3 Å². The van der Waals surface area contributed by atoms with Gasteiger partial charge in [-0.15, -0.1) is 0 Å². The molecular weight excluding hydrogens is 318 g/mol. The first-order chi connectivity index (χ1) is 11.5. The predicted molar refractivity (Wildman–Crippen MR) is 83.3 cm³/mol. The van der Waals surface area contributed by atoms with Gasteiger partial charge in [0.2, 0.25) is 0 Å². The third-order valence-corrected chi connectivity index (χ3v) is 3.81. The van der Waals surface area contributed by atoms with Crippen LogP contribution in [0.2, 0.25) is 0 Å². The molecule has 0 aromatic heterocycles. The number of nitrogens with one attached hydrogen (secondary N) is 1. The number of hydrogen-bond acceptors (Lipinski definition) is 5. The number of carbonyl (C=O) groups excluding carboxylic acids is 2. The fraction of sp³-hybridized carbons (Fsp3) is 0.400. The van der Waals surface area contributed by atoms with Gasteiger partial charge in [-0.2, -0.15) is 0 Å². The van der Waals surface area contributed by atoms with Crippen LogP contribution in [0.1, 0.15) is 0 Å². The second-order valence-electron chi connectivity index (χ2n) is 5.42. The number of anilines is 2. The van der Waals surface area contributed by atoms with E-state index in [1.165, 1.54) is 4.90 Å². The van der Waals surface area contributed by atoms with Crippen LogP contribution in [0.3, 0.4) is 0 Å². The largest absolute Gasteiger partial charge is 0.465 e. The Morgan fingerprint density at radius 2 is 1.88 bits per heavy atom. The van der Waals surface area contributed by atoms with Crippen LogP contribution in [-0.4, -0.2) is 62.2 Å². The Morgan fingerprint density at radius 3 is 2.50 bits per heavy atom. The van der Waals surface area contributed by atoms with Crippen molar-refractivity contribution in [3.05, 3.63) is 24.3 Å². The number of nitrogens with zero attached hydrogens (tertiary/aromatic N) is 2. The Kier molecular flexibility index (Phi) is 4.52. The van der Waals surface area contributed by atoms with Crippen molar-refractivity contribution in [1.82, 2.24) is 5.32 Å². The average Bonchev–Trinajstić information content (AvgIpc) is 2.94. The zero-order valence-corrected chi connectivity index (χ0v) is 12.8. The fourth-order valence-electron chi connectivity index (χ4n) is 2.64.